The molecule has 1 amide bonds. The summed E-state index contributed by atoms with van der Waals surface area (Å²) in [6.07, 6.45) is 1.44. The predicted molar refractivity (Wildman–Crippen MR) is 158 cm³/mol. The van der Waals surface area contributed by atoms with Crippen molar-refractivity contribution < 1.29 is 39.9 Å². The topological polar surface area (TPSA) is 148 Å². The van der Waals surface area contributed by atoms with E-state index in [0.29, 0.717) is 11.3 Å². The number of benzene rings is 1. The first-order valence-electron chi connectivity index (χ1n) is 14.7. The highest BCUT2D eigenvalue weighted by atomic mass is 32.1. The smallest absolute Gasteiger partial charge is 0.348 e. The Kier molecular flexibility index (Phi) is 13.2. The predicted octanol–water partition coefficient (Wildman–Crippen LogP) is 3.89. The van der Waals surface area contributed by atoms with E-state index in [2.05, 4.69) is 6.92 Å². The fourth-order valence-corrected chi connectivity index (χ4v) is 6.09. The maximum atomic E-state index is 12.7. The Morgan fingerprint density at radius 1 is 0.976 bits per heavy atom. The molecule has 9 nitrogen and oxygen atoms in total. The summed E-state index contributed by atoms with van der Waals surface area (Å²) in [7, 11) is 0. The fraction of sp³-hybridized carbons (Fsp3) is 0.613. The summed E-state index contributed by atoms with van der Waals surface area (Å²) in [5.41, 5.74) is 1.73. The first kappa shape index (κ1) is 33.2. The third-order valence-corrected chi connectivity index (χ3v) is 8.85. The first-order valence-corrected chi connectivity index (χ1v) is 15.6. The van der Waals surface area contributed by atoms with Gasteiger partial charge in [-0.2, -0.15) is 0 Å². The molecule has 5 N–H and O–H groups in total. The van der Waals surface area contributed by atoms with Gasteiger partial charge in [0.15, 0.2) is 0 Å². The zero-order valence-electron chi connectivity index (χ0n) is 24.0. The van der Waals surface area contributed by atoms with Gasteiger partial charge in [0.2, 0.25) is 5.91 Å². The second-order valence-corrected chi connectivity index (χ2v) is 12.0. The highest BCUT2D eigenvalue weighted by Crippen LogP contribution is 2.31. The lowest BCUT2D eigenvalue weighted by Crippen LogP contribution is -2.46. The van der Waals surface area contributed by atoms with E-state index in [-0.39, 0.29) is 18.4 Å². The summed E-state index contributed by atoms with van der Waals surface area (Å²) in [6.45, 7) is 3.26. The van der Waals surface area contributed by atoms with Crippen LogP contribution < -0.4 is 4.90 Å². The molecule has 2 aromatic rings. The Morgan fingerprint density at radius 2 is 1.68 bits per heavy atom. The molecule has 0 saturated carbocycles. The van der Waals surface area contributed by atoms with Crippen molar-refractivity contribution in [3.05, 3.63) is 51.7 Å². The summed E-state index contributed by atoms with van der Waals surface area (Å²) in [5, 5.41) is 49.9. The molecule has 0 bridgehead atoms. The number of unbranched alkanes of at least 4 members (excludes halogenated alkanes) is 2. The minimum absolute atomic E-state index is 0.0988. The number of nitrogens with zero attached hydrogens (tertiary/aromatic N) is 1. The zero-order valence-corrected chi connectivity index (χ0v) is 24.8. The lowest BCUT2D eigenvalue weighted by molar-refractivity contribution is -0.117. The molecule has 6 atom stereocenters. The van der Waals surface area contributed by atoms with Crippen molar-refractivity contribution in [1.29, 1.82) is 0 Å². The molecular weight excluding hydrogens is 546 g/mol. The average molecular weight is 592 g/mol. The molecule has 1 aromatic carbocycles. The van der Waals surface area contributed by atoms with Gasteiger partial charge in [-0.25, -0.2) is 4.79 Å². The number of carbonyl (C=O) groups excluding carboxylic acids is 2. The molecule has 2 heterocycles. The maximum Gasteiger partial charge on any atom is 0.348 e. The van der Waals surface area contributed by atoms with Crippen LogP contribution in [0.15, 0.2) is 36.4 Å². The molecule has 1 aliphatic heterocycles. The van der Waals surface area contributed by atoms with Gasteiger partial charge in [0.1, 0.15) is 29.8 Å². The molecule has 0 radical (unpaired) electrons. The molecule has 1 aromatic heterocycles. The summed E-state index contributed by atoms with van der Waals surface area (Å²) in [4.78, 5) is 28.4. The number of hydrogen-bond donors (Lipinski definition) is 5. The van der Waals surface area contributed by atoms with Crippen LogP contribution in [0, 0.1) is 0 Å². The van der Waals surface area contributed by atoms with Gasteiger partial charge >= 0.3 is 5.97 Å². The molecule has 228 valence electrons. The number of hydrogen-bond acceptors (Lipinski definition) is 9. The minimum atomic E-state index is -1.64. The molecule has 1 fully saturated rings. The van der Waals surface area contributed by atoms with Crippen molar-refractivity contribution >= 4 is 28.9 Å². The van der Waals surface area contributed by atoms with Crippen molar-refractivity contribution in [2.45, 2.75) is 115 Å². The van der Waals surface area contributed by atoms with Gasteiger partial charge in [0, 0.05) is 23.0 Å². The number of amides is 1. The number of esters is 1. The third kappa shape index (κ3) is 9.33. The minimum Gasteiger partial charge on any atom is -0.459 e. The highest BCUT2D eigenvalue weighted by molar-refractivity contribution is 7.13. The quantitative estimate of drug-likeness (QED) is 0.138. The van der Waals surface area contributed by atoms with Gasteiger partial charge in [-0.15, -0.1) is 11.3 Å². The standard InChI is InChI=1S/C31H45NO8S/c1-3-5-6-10-25(34)20-11-13-22(14-12-20)32-21(15-18-28(32)36)8-7-9-23-16-17-27(41-23)31(39)40-19-26(35)30(38)29(37)24(33)4-2/h11-14,16-17,21,24-26,29-30,33-35,37-38H,3-10,15,18-19H2,1-2H3/t21-,24-,25-,26-,29+,30-/m0/s1. The van der Waals surface area contributed by atoms with Crippen LogP contribution in [0.25, 0.3) is 0 Å². The van der Waals surface area contributed by atoms with Gasteiger partial charge in [0.05, 0.1) is 12.2 Å². The lowest BCUT2D eigenvalue weighted by Gasteiger charge is -2.25. The Balaban J connectivity index is 1.47. The molecule has 0 aliphatic carbocycles. The van der Waals surface area contributed by atoms with Crippen LogP contribution in [0.2, 0.25) is 0 Å². The van der Waals surface area contributed by atoms with Crippen molar-refractivity contribution in [3.63, 3.8) is 0 Å². The van der Waals surface area contributed by atoms with Crippen molar-refractivity contribution in [1.82, 2.24) is 0 Å². The van der Waals surface area contributed by atoms with Crippen molar-refractivity contribution in [3.8, 4) is 0 Å². The van der Waals surface area contributed by atoms with E-state index in [1.807, 2.05) is 35.2 Å². The molecular formula is C31H45NO8S. The summed E-state index contributed by atoms with van der Waals surface area (Å²) in [6, 6.07) is 11.3. The molecule has 3 rings (SSSR count). The monoisotopic (exact) mass is 591 g/mol. The zero-order chi connectivity index (χ0) is 29.9. The highest BCUT2D eigenvalue weighted by Gasteiger charge is 2.32. The van der Waals surface area contributed by atoms with E-state index in [0.717, 1.165) is 67.5 Å². The van der Waals surface area contributed by atoms with Crippen LogP contribution in [0.4, 0.5) is 5.69 Å². The largest absolute Gasteiger partial charge is 0.459 e. The van der Waals surface area contributed by atoms with Crippen molar-refractivity contribution in [2.24, 2.45) is 0 Å². The van der Waals surface area contributed by atoms with Crippen LogP contribution in [-0.4, -0.2) is 74.5 Å². The fourth-order valence-electron chi connectivity index (χ4n) is 5.14. The van der Waals surface area contributed by atoms with Crippen molar-refractivity contribution in [2.75, 3.05) is 11.5 Å². The summed E-state index contributed by atoms with van der Waals surface area (Å²) >= 11 is 1.29. The molecule has 0 spiro atoms. The Labute approximate surface area is 246 Å². The number of rotatable bonds is 17. The Hall–Kier alpha value is -2.34. The molecule has 0 unspecified atom stereocenters. The van der Waals surface area contributed by atoms with Crippen LogP contribution in [0.5, 0.6) is 0 Å². The molecule has 41 heavy (non-hydrogen) atoms. The SMILES string of the molecule is CCCCC[C@H](O)c1ccc(N2C(=O)CC[C@@H]2CCCc2ccc(C(=O)OC[C@H](O)[C@H](O)[C@H](O)[C@@H](O)CC)s2)cc1. The van der Waals surface area contributed by atoms with Gasteiger partial charge < -0.3 is 35.2 Å². The molecule has 10 heteroatoms. The van der Waals surface area contributed by atoms with Gasteiger partial charge in [0.25, 0.3) is 0 Å². The number of aliphatic hydroxyl groups is 5. The first-order chi connectivity index (χ1) is 19.7. The number of anilines is 1. The number of aliphatic hydroxyl groups excluding tert-OH is 5. The van der Waals surface area contributed by atoms with Crippen LogP contribution in [0.1, 0.15) is 97.9 Å². The van der Waals surface area contributed by atoms with E-state index in [1.165, 1.54) is 11.3 Å². The molecule has 1 aliphatic rings. The van der Waals surface area contributed by atoms with E-state index in [9.17, 15) is 35.1 Å². The average Bonchev–Trinajstić information content (AvgIpc) is 3.61. The van der Waals surface area contributed by atoms with Crippen LogP contribution in [0.3, 0.4) is 0 Å². The van der Waals surface area contributed by atoms with E-state index >= 15 is 0 Å². The second-order valence-electron chi connectivity index (χ2n) is 10.8. The van der Waals surface area contributed by atoms with E-state index < -0.39 is 43.1 Å². The normalized spacial score (nSPS) is 19.1. The summed E-state index contributed by atoms with van der Waals surface area (Å²) in [5.74, 6) is -0.527. The van der Waals surface area contributed by atoms with E-state index in [4.69, 9.17) is 4.74 Å². The second kappa shape index (κ2) is 16.3. The molecule has 1 saturated heterocycles. The van der Waals surface area contributed by atoms with Gasteiger partial charge in [-0.3, -0.25) is 4.79 Å². The lowest BCUT2D eigenvalue weighted by atomic mass is 10.0. The number of aryl methyl sites for hydroxylation is 1. The summed E-state index contributed by atoms with van der Waals surface area (Å²) < 4.78 is 5.10. The van der Waals surface area contributed by atoms with Gasteiger partial charge in [-0.1, -0.05) is 45.2 Å². The van der Waals surface area contributed by atoms with E-state index in [1.54, 1.807) is 13.0 Å². The Morgan fingerprint density at radius 3 is 2.37 bits per heavy atom. The number of carbonyl (C=O) groups is 2. The number of ether oxygens (including phenoxy) is 1. The maximum absolute atomic E-state index is 12.7. The van der Waals surface area contributed by atoms with Crippen LogP contribution >= 0.6 is 11.3 Å². The third-order valence-electron chi connectivity index (χ3n) is 7.73. The van der Waals surface area contributed by atoms with Crippen LogP contribution in [-0.2, 0) is 16.0 Å². The Bertz CT molecular complexity index is 1090. The number of thiophene rings is 1. The van der Waals surface area contributed by atoms with Gasteiger partial charge in [-0.05, 0) is 68.4 Å².